The SMILES string of the molecule is NC(N)=NC1CCCC(C=O)C1. The number of aliphatic imine (C=N–C) groups is 1. The summed E-state index contributed by atoms with van der Waals surface area (Å²) < 4.78 is 0. The highest BCUT2D eigenvalue weighted by molar-refractivity contribution is 5.75. The molecule has 0 saturated heterocycles. The van der Waals surface area contributed by atoms with Gasteiger partial charge in [-0.1, -0.05) is 6.42 Å². The molecule has 68 valence electrons. The third kappa shape index (κ3) is 2.53. The number of hydrogen-bond donors (Lipinski definition) is 2. The molecule has 4 heteroatoms. The predicted octanol–water partition coefficient (Wildman–Crippen LogP) is 0.0175. The van der Waals surface area contributed by atoms with Gasteiger partial charge in [-0.15, -0.1) is 0 Å². The maximum absolute atomic E-state index is 10.5. The van der Waals surface area contributed by atoms with Gasteiger partial charge in [0.15, 0.2) is 5.96 Å². The van der Waals surface area contributed by atoms with Crippen molar-refractivity contribution in [1.82, 2.24) is 0 Å². The first kappa shape index (κ1) is 9.03. The molecular weight excluding hydrogens is 154 g/mol. The van der Waals surface area contributed by atoms with Crippen LogP contribution in [0.5, 0.6) is 0 Å². The van der Waals surface area contributed by atoms with Crippen LogP contribution < -0.4 is 11.5 Å². The molecular formula is C8H15N3O. The Morgan fingerprint density at radius 3 is 2.75 bits per heavy atom. The molecule has 1 rings (SSSR count). The van der Waals surface area contributed by atoms with Crippen LogP contribution >= 0.6 is 0 Å². The van der Waals surface area contributed by atoms with Crippen molar-refractivity contribution in [1.29, 1.82) is 0 Å². The van der Waals surface area contributed by atoms with Gasteiger partial charge in [-0.05, 0) is 19.3 Å². The molecule has 1 fully saturated rings. The zero-order valence-corrected chi connectivity index (χ0v) is 7.07. The maximum Gasteiger partial charge on any atom is 0.186 e. The Labute approximate surface area is 72.0 Å². The number of guanidine groups is 1. The summed E-state index contributed by atoms with van der Waals surface area (Å²) in [6.45, 7) is 0. The minimum absolute atomic E-state index is 0.131. The molecule has 0 radical (unpaired) electrons. The zero-order chi connectivity index (χ0) is 8.97. The first-order chi connectivity index (χ1) is 5.72. The third-order valence-corrected chi connectivity index (χ3v) is 2.21. The highest BCUT2D eigenvalue weighted by Crippen LogP contribution is 2.24. The lowest BCUT2D eigenvalue weighted by molar-refractivity contribution is -0.112. The molecule has 0 amide bonds. The van der Waals surface area contributed by atoms with Gasteiger partial charge < -0.3 is 16.3 Å². The quantitative estimate of drug-likeness (QED) is 0.347. The molecule has 1 aliphatic rings. The smallest absolute Gasteiger partial charge is 0.186 e. The van der Waals surface area contributed by atoms with E-state index in [9.17, 15) is 4.79 Å². The van der Waals surface area contributed by atoms with E-state index in [1.54, 1.807) is 0 Å². The number of carbonyl (C=O) groups is 1. The molecule has 1 aliphatic carbocycles. The van der Waals surface area contributed by atoms with Crippen molar-refractivity contribution in [2.75, 3.05) is 0 Å². The third-order valence-electron chi connectivity index (χ3n) is 2.21. The van der Waals surface area contributed by atoms with Gasteiger partial charge in [-0.25, -0.2) is 0 Å². The van der Waals surface area contributed by atoms with Crippen molar-refractivity contribution in [3.63, 3.8) is 0 Å². The van der Waals surface area contributed by atoms with Crippen LogP contribution in [0.3, 0.4) is 0 Å². The van der Waals surface area contributed by atoms with Crippen molar-refractivity contribution in [2.45, 2.75) is 31.7 Å². The van der Waals surface area contributed by atoms with Crippen LogP contribution in [0.25, 0.3) is 0 Å². The summed E-state index contributed by atoms with van der Waals surface area (Å²) in [6, 6.07) is 0.166. The fraction of sp³-hybridized carbons (Fsp3) is 0.750. The molecule has 2 unspecified atom stereocenters. The Morgan fingerprint density at radius 2 is 2.17 bits per heavy atom. The van der Waals surface area contributed by atoms with Crippen LogP contribution in [0.15, 0.2) is 4.99 Å². The Hall–Kier alpha value is -1.06. The summed E-state index contributed by atoms with van der Waals surface area (Å²) in [4.78, 5) is 14.5. The minimum Gasteiger partial charge on any atom is -0.370 e. The Morgan fingerprint density at radius 1 is 1.42 bits per heavy atom. The normalized spacial score (nSPS) is 29.3. The second kappa shape index (κ2) is 4.09. The molecule has 2 atom stereocenters. The van der Waals surface area contributed by atoms with Crippen molar-refractivity contribution in [3.8, 4) is 0 Å². The van der Waals surface area contributed by atoms with Crippen LogP contribution in [0.4, 0.5) is 0 Å². The minimum atomic E-state index is 0.131. The van der Waals surface area contributed by atoms with Gasteiger partial charge in [0, 0.05) is 5.92 Å². The van der Waals surface area contributed by atoms with Crippen LogP contribution in [-0.4, -0.2) is 18.3 Å². The fourth-order valence-corrected chi connectivity index (χ4v) is 1.65. The predicted molar refractivity (Wildman–Crippen MR) is 47.6 cm³/mol. The number of nitrogens with zero attached hydrogens (tertiary/aromatic N) is 1. The monoisotopic (exact) mass is 169 g/mol. The van der Waals surface area contributed by atoms with E-state index < -0.39 is 0 Å². The molecule has 0 aromatic rings. The van der Waals surface area contributed by atoms with Crippen LogP contribution in [-0.2, 0) is 4.79 Å². The Balaban J connectivity index is 2.46. The van der Waals surface area contributed by atoms with E-state index in [1.165, 1.54) is 0 Å². The lowest BCUT2D eigenvalue weighted by atomic mass is 9.87. The van der Waals surface area contributed by atoms with E-state index >= 15 is 0 Å². The average molecular weight is 169 g/mol. The number of nitrogens with two attached hydrogens (primary N) is 2. The van der Waals surface area contributed by atoms with Crippen LogP contribution in [0.1, 0.15) is 25.7 Å². The lowest BCUT2D eigenvalue weighted by Crippen LogP contribution is -2.28. The van der Waals surface area contributed by atoms with Crippen molar-refractivity contribution < 1.29 is 4.79 Å². The van der Waals surface area contributed by atoms with Gasteiger partial charge in [-0.2, -0.15) is 0 Å². The lowest BCUT2D eigenvalue weighted by Gasteiger charge is -2.22. The van der Waals surface area contributed by atoms with Gasteiger partial charge in [0.25, 0.3) is 0 Å². The Kier molecular flexibility index (Phi) is 3.08. The second-order valence-electron chi connectivity index (χ2n) is 3.27. The molecule has 12 heavy (non-hydrogen) atoms. The van der Waals surface area contributed by atoms with Crippen molar-refractivity contribution in [3.05, 3.63) is 0 Å². The number of carbonyl (C=O) groups excluding carboxylic acids is 1. The highest BCUT2D eigenvalue weighted by atomic mass is 16.1. The largest absolute Gasteiger partial charge is 0.370 e. The summed E-state index contributed by atoms with van der Waals surface area (Å²) in [5.74, 6) is 0.290. The van der Waals surface area contributed by atoms with E-state index in [0.29, 0.717) is 0 Å². The van der Waals surface area contributed by atoms with E-state index in [-0.39, 0.29) is 17.9 Å². The Bertz CT molecular complexity index is 187. The van der Waals surface area contributed by atoms with Crippen molar-refractivity contribution in [2.24, 2.45) is 22.4 Å². The summed E-state index contributed by atoms with van der Waals surface area (Å²) in [5.41, 5.74) is 10.5. The molecule has 0 spiro atoms. The van der Waals surface area contributed by atoms with Gasteiger partial charge in [-0.3, -0.25) is 4.99 Å². The number of aldehydes is 1. The summed E-state index contributed by atoms with van der Waals surface area (Å²) >= 11 is 0. The molecule has 0 bridgehead atoms. The van der Waals surface area contributed by atoms with Gasteiger partial charge >= 0.3 is 0 Å². The van der Waals surface area contributed by atoms with Crippen LogP contribution in [0, 0.1) is 5.92 Å². The number of hydrogen-bond acceptors (Lipinski definition) is 2. The summed E-state index contributed by atoms with van der Waals surface area (Å²) in [7, 11) is 0. The average Bonchev–Trinajstić information content (AvgIpc) is 2.03. The zero-order valence-electron chi connectivity index (χ0n) is 7.07. The van der Waals surface area contributed by atoms with Gasteiger partial charge in [0.05, 0.1) is 6.04 Å². The molecule has 4 nitrogen and oxygen atoms in total. The number of rotatable bonds is 2. The first-order valence-corrected chi connectivity index (χ1v) is 4.26. The highest BCUT2D eigenvalue weighted by Gasteiger charge is 2.20. The second-order valence-corrected chi connectivity index (χ2v) is 3.27. The molecule has 4 N–H and O–H groups in total. The van der Waals surface area contributed by atoms with Gasteiger partial charge in [0.2, 0.25) is 0 Å². The van der Waals surface area contributed by atoms with E-state index in [0.717, 1.165) is 32.0 Å². The summed E-state index contributed by atoms with van der Waals surface area (Å²) in [5, 5.41) is 0. The molecule has 0 aromatic heterocycles. The van der Waals surface area contributed by atoms with Crippen molar-refractivity contribution >= 4 is 12.2 Å². The van der Waals surface area contributed by atoms with E-state index in [4.69, 9.17) is 11.5 Å². The molecule has 0 aromatic carbocycles. The van der Waals surface area contributed by atoms with Gasteiger partial charge in [0.1, 0.15) is 6.29 Å². The van der Waals surface area contributed by atoms with Crippen LogP contribution in [0.2, 0.25) is 0 Å². The van der Waals surface area contributed by atoms with E-state index in [1.807, 2.05) is 0 Å². The summed E-state index contributed by atoms with van der Waals surface area (Å²) in [6.07, 6.45) is 4.85. The van der Waals surface area contributed by atoms with E-state index in [2.05, 4.69) is 4.99 Å². The standard InChI is InChI=1S/C8H15N3O/c9-8(10)11-7-3-1-2-6(4-7)5-12/h5-7H,1-4H2,(H4,9,10,11). The molecule has 0 aliphatic heterocycles. The fourth-order valence-electron chi connectivity index (χ4n) is 1.65. The maximum atomic E-state index is 10.5. The molecule has 0 heterocycles. The molecule has 1 saturated carbocycles. The first-order valence-electron chi connectivity index (χ1n) is 4.26. The topological polar surface area (TPSA) is 81.5 Å².